The Hall–Kier alpha value is -4.39. The molecule has 0 aliphatic heterocycles. The highest BCUT2D eigenvalue weighted by molar-refractivity contribution is 6.09. The molecule has 0 aliphatic rings. The second-order valence-electron chi connectivity index (χ2n) is 8.42. The molecule has 7 heteroatoms. The molecule has 0 saturated carbocycles. The summed E-state index contributed by atoms with van der Waals surface area (Å²) in [7, 11) is 1.56. The van der Waals surface area contributed by atoms with E-state index < -0.39 is 23.9 Å². The third kappa shape index (κ3) is 4.66. The van der Waals surface area contributed by atoms with Crippen LogP contribution in [-0.4, -0.2) is 23.5 Å². The second kappa shape index (κ2) is 9.85. The van der Waals surface area contributed by atoms with Crippen LogP contribution in [0.15, 0.2) is 71.5 Å². The van der Waals surface area contributed by atoms with Crippen molar-refractivity contribution in [1.82, 2.24) is 9.88 Å². The Morgan fingerprint density at radius 1 is 0.943 bits per heavy atom. The molecule has 0 radical (unpaired) electrons. The van der Waals surface area contributed by atoms with Crippen LogP contribution in [0.2, 0.25) is 0 Å². The maximum absolute atomic E-state index is 13.7. The first-order chi connectivity index (χ1) is 16.8. The molecule has 0 saturated heterocycles. The van der Waals surface area contributed by atoms with Gasteiger partial charge in [0.05, 0.1) is 7.11 Å². The number of para-hydroxylation sites is 1. The molecule has 1 aromatic heterocycles. The molecule has 4 rings (SSSR count). The smallest absolute Gasteiger partial charge is 0.268 e. The summed E-state index contributed by atoms with van der Waals surface area (Å²) in [5, 5.41) is 3.97. The molecule has 0 aliphatic carbocycles. The lowest BCUT2D eigenvalue weighted by Crippen LogP contribution is -2.36. The summed E-state index contributed by atoms with van der Waals surface area (Å²) in [6.07, 6.45) is 0. The summed E-state index contributed by atoms with van der Waals surface area (Å²) in [5.74, 6) is -0.573. The lowest BCUT2D eigenvalue weighted by atomic mass is 9.93. The third-order valence-corrected chi connectivity index (χ3v) is 6.11. The Labute approximate surface area is 203 Å². The Bertz CT molecular complexity index is 1490. The summed E-state index contributed by atoms with van der Waals surface area (Å²) >= 11 is 0. The largest absolute Gasteiger partial charge is 0.496 e. The zero-order chi connectivity index (χ0) is 25.1. The van der Waals surface area contributed by atoms with Gasteiger partial charge in [-0.15, -0.1) is 0 Å². The number of nitrogens with zero attached hydrogens (tertiary/aromatic N) is 1. The number of nitrogens with one attached hydrogen (secondary N) is 1. The molecule has 3 N–H and O–H groups in total. The predicted octanol–water partition coefficient (Wildman–Crippen LogP) is 3.71. The molecular formula is C28H27N3O4. The number of amides is 2. The van der Waals surface area contributed by atoms with E-state index in [0.29, 0.717) is 22.1 Å². The van der Waals surface area contributed by atoms with Crippen LogP contribution in [0.4, 0.5) is 0 Å². The fourth-order valence-corrected chi connectivity index (χ4v) is 4.26. The zero-order valence-corrected chi connectivity index (χ0v) is 19.9. The first-order valence-corrected chi connectivity index (χ1v) is 11.2. The van der Waals surface area contributed by atoms with Crippen LogP contribution in [0.25, 0.3) is 21.9 Å². The van der Waals surface area contributed by atoms with Crippen LogP contribution >= 0.6 is 0 Å². The predicted molar refractivity (Wildman–Crippen MR) is 136 cm³/mol. The van der Waals surface area contributed by atoms with Crippen LogP contribution in [0.3, 0.4) is 0 Å². The average Bonchev–Trinajstić information content (AvgIpc) is 2.85. The van der Waals surface area contributed by atoms with Gasteiger partial charge in [0.15, 0.2) is 0 Å². The Morgan fingerprint density at radius 2 is 1.57 bits per heavy atom. The van der Waals surface area contributed by atoms with Crippen molar-refractivity contribution in [1.29, 1.82) is 0 Å². The molecule has 4 aromatic rings. The number of hydrogen-bond acceptors (Lipinski definition) is 4. The molecule has 0 spiro atoms. The van der Waals surface area contributed by atoms with E-state index in [1.54, 1.807) is 19.2 Å². The van der Waals surface area contributed by atoms with E-state index in [4.69, 9.17) is 10.5 Å². The van der Waals surface area contributed by atoms with Crippen LogP contribution in [0, 0.1) is 13.8 Å². The van der Waals surface area contributed by atoms with Crippen molar-refractivity contribution >= 4 is 22.6 Å². The number of ether oxygens (including phenoxy) is 1. The van der Waals surface area contributed by atoms with Crippen molar-refractivity contribution in [2.24, 2.45) is 5.73 Å². The number of pyridine rings is 1. The van der Waals surface area contributed by atoms with Crippen molar-refractivity contribution in [3.05, 3.63) is 99.5 Å². The molecular weight excluding hydrogens is 442 g/mol. The Morgan fingerprint density at radius 3 is 2.23 bits per heavy atom. The number of aromatic nitrogens is 1. The fourth-order valence-electron chi connectivity index (χ4n) is 4.26. The number of primary amides is 1. The summed E-state index contributed by atoms with van der Waals surface area (Å²) in [4.78, 5) is 39.2. The van der Waals surface area contributed by atoms with Gasteiger partial charge in [0.25, 0.3) is 11.5 Å². The van der Waals surface area contributed by atoms with Crippen molar-refractivity contribution < 1.29 is 14.3 Å². The molecule has 0 unspecified atom stereocenters. The third-order valence-electron chi connectivity index (χ3n) is 6.11. The van der Waals surface area contributed by atoms with Crippen LogP contribution in [0.1, 0.15) is 27.2 Å². The van der Waals surface area contributed by atoms with E-state index in [0.717, 1.165) is 22.3 Å². The normalized spacial score (nSPS) is 10.8. The Balaban J connectivity index is 1.98. The highest BCUT2D eigenvalue weighted by atomic mass is 16.5. The number of rotatable bonds is 7. The summed E-state index contributed by atoms with van der Waals surface area (Å²) in [6, 6.07) is 20.4. The number of nitrogens with two attached hydrogens (primary N) is 1. The van der Waals surface area contributed by atoms with E-state index >= 15 is 0 Å². The molecule has 35 heavy (non-hydrogen) atoms. The monoisotopic (exact) mass is 469 g/mol. The number of carbonyl (C=O) groups is 2. The van der Waals surface area contributed by atoms with Crippen molar-refractivity contribution in [3.63, 3.8) is 0 Å². The number of carbonyl (C=O) groups excluding carboxylic acids is 2. The van der Waals surface area contributed by atoms with Crippen molar-refractivity contribution in [3.8, 4) is 16.9 Å². The van der Waals surface area contributed by atoms with Gasteiger partial charge in [-0.25, -0.2) is 0 Å². The van der Waals surface area contributed by atoms with Crippen LogP contribution in [-0.2, 0) is 17.9 Å². The maximum atomic E-state index is 13.7. The van der Waals surface area contributed by atoms with E-state index in [-0.39, 0.29) is 12.2 Å². The number of fused-ring (bicyclic) bond motifs is 1. The SMILES string of the molecule is COc1ccccc1CNC(=O)c1c(-c2ccccc2)c2cc(C)c(C)cc2c(=O)n1CC(N)=O. The molecule has 3 aromatic carbocycles. The van der Waals surface area contributed by atoms with E-state index in [1.165, 1.54) is 4.57 Å². The highest BCUT2D eigenvalue weighted by Gasteiger charge is 2.24. The number of hydrogen-bond donors (Lipinski definition) is 2. The fraction of sp³-hybridized carbons (Fsp3) is 0.179. The van der Waals surface area contributed by atoms with Gasteiger partial charge < -0.3 is 15.8 Å². The quantitative estimate of drug-likeness (QED) is 0.431. The number of benzene rings is 3. The average molecular weight is 470 g/mol. The minimum absolute atomic E-state index is 0.0886. The van der Waals surface area contributed by atoms with Gasteiger partial charge >= 0.3 is 0 Å². The van der Waals surface area contributed by atoms with Crippen LogP contribution < -0.4 is 21.3 Å². The van der Waals surface area contributed by atoms with Gasteiger partial charge in [-0.1, -0.05) is 54.6 Å². The number of methoxy groups -OCH3 is 1. The molecule has 0 bridgehead atoms. The Kier molecular flexibility index (Phi) is 6.68. The van der Waals surface area contributed by atoms with Crippen molar-refractivity contribution in [2.45, 2.75) is 26.9 Å². The molecule has 178 valence electrons. The van der Waals surface area contributed by atoms with E-state index in [1.807, 2.05) is 68.4 Å². The van der Waals surface area contributed by atoms with Crippen molar-refractivity contribution in [2.75, 3.05) is 7.11 Å². The highest BCUT2D eigenvalue weighted by Crippen LogP contribution is 2.32. The van der Waals surface area contributed by atoms with E-state index in [2.05, 4.69) is 5.32 Å². The van der Waals surface area contributed by atoms with Crippen LogP contribution in [0.5, 0.6) is 5.75 Å². The summed E-state index contributed by atoms with van der Waals surface area (Å²) in [5.41, 5.74) is 9.18. The summed E-state index contributed by atoms with van der Waals surface area (Å²) < 4.78 is 6.57. The minimum Gasteiger partial charge on any atom is -0.496 e. The van der Waals surface area contributed by atoms with E-state index in [9.17, 15) is 14.4 Å². The maximum Gasteiger partial charge on any atom is 0.268 e. The standard InChI is InChI=1S/C28H27N3O4/c1-17-13-21-22(14-18(17)2)28(34)31(16-24(29)32)26(25(21)19-9-5-4-6-10-19)27(33)30-15-20-11-7-8-12-23(20)35-3/h4-14H,15-16H2,1-3H3,(H2,29,32)(H,30,33). The molecule has 7 nitrogen and oxygen atoms in total. The minimum atomic E-state index is -0.715. The topological polar surface area (TPSA) is 103 Å². The lowest BCUT2D eigenvalue weighted by molar-refractivity contribution is -0.118. The zero-order valence-electron chi connectivity index (χ0n) is 19.9. The van der Waals surface area contributed by atoms with Gasteiger partial charge in [0.1, 0.15) is 18.0 Å². The van der Waals surface area contributed by atoms with Gasteiger partial charge in [0.2, 0.25) is 5.91 Å². The second-order valence-corrected chi connectivity index (χ2v) is 8.42. The molecule has 2 amide bonds. The first-order valence-electron chi connectivity index (χ1n) is 11.2. The number of aryl methyl sites for hydroxylation is 2. The molecule has 0 fully saturated rings. The molecule has 1 heterocycles. The van der Waals surface area contributed by atoms with Gasteiger partial charge in [0, 0.05) is 23.1 Å². The molecule has 0 atom stereocenters. The van der Waals surface area contributed by atoms with Gasteiger partial charge in [-0.2, -0.15) is 0 Å². The first kappa shape index (κ1) is 23.8. The van der Waals surface area contributed by atoms with Gasteiger partial charge in [-0.3, -0.25) is 19.0 Å². The summed E-state index contributed by atoms with van der Waals surface area (Å²) in [6.45, 7) is 3.63. The van der Waals surface area contributed by atoms with Gasteiger partial charge in [-0.05, 0) is 48.1 Å². The lowest BCUT2D eigenvalue weighted by Gasteiger charge is -2.20.